The molecule has 0 aromatic carbocycles. The summed E-state index contributed by atoms with van der Waals surface area (Å²) in [6.45, 7) is 10.9. The molecule has 0 aliphatic carbocycles. The minimum absolute atomic E-state index is 0.321. The van der Waals surface area contributed by atoms with Crippen molar-refractivity contribution in [1.82, 2.24) is 15.1 Å². The topological polar surface area (TPSA) is 63.8 Å². The summed E-state index contributed by atoms with van der Waals surface area (Å²) in [6.07, 6.45) is 0.914. The number of anilines is 1. The van der Waals surface area contributed by atoms with Gasteiger partial charge in [-0.25, -0.2) is 9.97 Å². The number of hydrogen-bond donors (Lipinski definition) is 1. The van der Waals surface area contributed by atoms with Crippen molar-refractivity contribution in [2.24, 2.45) is 0 Å². The van der Waals surface area contributed by atoms with Crippen molar-refractivity contribution in [1.29, 1.82) is 0 Å². The van der Waals surface area contributed by atoms with Gasteiger partial charge in [0.05, 0.1) is 5.69 Å². The molecule has 0 radical (unpaired) electrons. The second kappa shape index (κ2) is 6.03. The van der Waals surface area contributed by atoms with Crippen molar-refractivity contribution < 1.29 is 4.52 Å². The van der Waals surface area contributed by atoms with Crippen molar-refractivity contribution in [3.8, 4) is 0 Å². The van der Waals surface area contributed by atoms with Gasteiger partial charge in [0.1, 0.15) is 17.4 Å². The number of aromatic nitrogens is 3. The van der Waals surface area contributed by atoms with Crippen LogP contribution in [0.25, 0.3) is 0 Å². The molecule has 2 heterocycles. The Morgan fingerprint density at radius 2 is 2.00 bits per heavy atom. The van der Waals surface area contributed by atoms with Crippen LogP contribution in [0.2, 0.25) is 0 Å². The van der Waals surface area contributed by atoms with E-state index < -0.39 is 0 Å². The summed E-state index contributed by atoms with van der Waals surface area (Å²) >= 11 is 0. The number of hydrogen-bond acceptors (Lipinski definition) is 5. The minimum Gasteiger partial charge on any atom is -0.369 e. The van der Waals surface area contributed by atoms with E-state index in [2.05, 4.69) is 34.3 Å². The Bertz CT molecular complexity index is 572. The Kier molecular flexibility index (Phi) is 4.37. The molecule has 0 amide bonds. The Morgan fingerprint density at radius 1 is 1.25 bits per heavy atom. The summed E-state index contributed by atoms with van der Waals surface area (Å²) in [6, 6.07) is 2.01. The Labute approximate surface area is 119 Å². The quantitative estimate of drug-likeness (QED) is 0.907. The van der Waals surface area contributed by atoms with E-state index in [9.17, 15) is 0 Å². The molecule has 0 saturated heterocycles. The first-order chi connectivity index (χ1) is 9.51. The predicted molar refractivity (Wildman–Crippen MR) is 79.0 cm³/mol. The molecule has 5 heteroatoms. The van der Waals surface area contributed by atoms with Gasteiger partial charge in [0, 0.05) is 29.8 Å². The van der Waals surface area contributed by atoms with Gasteiger partial charge in [0.2, 0.25) is 0 Å². The fourth-order valence-electron chi connectivity index (χ4n) is 2.45. The zero-order chi connectivity index (χ0) is 14.7. The van der Waals surface area contributed by atoms with Gasteiger partial charge in [-0.2, -0.15) is 0 Å². The second-order valence-electron chi connectivity index (χ2n) is 5.17. The van der Waals surface area contributed by atoms with E-state index in [1.165, 1.54) is 5.56 Å². The maximum absolute atomic E-state index is 5.22. The van der Waals surface area contributed by atoms with Gasteiger partial charge >= 0.3 is 0 Å². The highest BCUT2D eigenvalue weighted by atomic mass is 16.5. The third-order valence-corrected chi connectivity index (χ3v) is 3.42. The molecular formula is C15H22N4O. The van der Waals surface area contributed by atoms with Gasteiger partial charge < -0.3 is 9.84 Å². The zero-order valence-corrected chi connectivity index (χ0v) is 12.8. The first-order valence-electron chi connectivity index (χ1n) is 7.02. The average Bonchev–Trinajstić information content (AvgIpc) is 2.75. The third-order valence-electron chi connectivity index (χ3n) is 3.42. The standard InChI is InChI=1S/C15H22N4O/c1-6-13-7-14(18-12(5)17-13)16-8-9(2)15-10(3)19-20-11(15)4/h7,9H,6,8H2,1-5H3,(H,16,17,18). The van der Waals surface area contributed by atoms with Gasteiger partial charge in [-0.1, -0.05) is 19.0 Å². The Hall–Kier alpha value is -1.91. The molecule has 1 unspecified atom stereocenters. The van der Waals surface area contributed by atoms with E-state index in [1.807, 2.05) is 26.8 Å². The molecule has 5 nitrogen and oxygen atoms in total. The molecule has 1 N–H and O–H groups in total. The molecule has 108 valence electrons. The van der Waals surface area contributed by atoms with Crippen LogP contribution in [0.5, 0.6) is 0 Å². The lowest BCUT2D eigenvalue weighted by Crippen LogP contribution is -2.13. The van der Waals surface area contributed by atoms with Crippen molar-refractivity contribution in [3.05, 3.63) is 34.6 Å². The maximum atomic E-state index is 5.22. The Morgan fingerprint density at radius 3 is 2.60 bits per heavy atom. The third kappa shape index (κ3) is 3.15. The van der Waals surface area contributed by atoms with Gasteiger partial charge in [-0.15, -0.1) is 0 Å². The highest BCUT2D eigenvalue weighted by Crippen LogP contribution is 2.23. The van der Waals surface area contributed by atoms with Crippen LogP contribution in [-0.2, 0) is 6.42 Å². The fraction of sp³-hybridized carbons (Fsp3) is 0.533. The molecule has 1 atom stereocenters. The van der Waals surface area contributed by atoms with Gasteiger partial charge in [0.25, 0.3) is 0 Å². The highest BCUT2D eigenvalue weighted by Gasteiger charge is 2.16. The summed E-state index contributed by atoms with van der Waals surface area (Å²) < 4.78 is 5.22. The molecule has 20 heavy (non-hydrogen) atoms. The number of aryl methyl sites for hydroxylation is 4. The second-order valence-corrected chi connectivity index (χ2v) is 5.17. The normalized spacial score (nSPS) is 12.4. The first-order valence-corrected chi connectivity index (χ1v) is 7.02. The largest absolute Gasteiger partial charge is 0.369 e. The lowest BCUT2D eigenvalue weighted by molar-refractivity contribution is 0.391. The number of rotatable bonds is 5. The van der Waals surface area contributed by atoms with Crippen molar-refractivity contribution in [2.75, 3.05) is 11.9 Å². The van der Waals surface area contributed by atoms with Crippen LogP contribution in [0.3, 0.4) is 0 Å². The summed E-state index contributed by atoms with van der Waals surface area (Å²) in [5.41, 5.74) is 3.20. The maximum Gasteiger partial charge on any atom is 0.137 e. The molecule has 2 rings (SSSR count). The van der Waals surface area contributed by atoms with Gasteiger partial charge in [-0.3, -0.25) is 0 Å². The summed E-state index contributed by atoms with van der Waals surface area (Å²) in [7, 11) is 0. The molecule has 2 aromatic rings. The summed E-state index contributed by atoms with van der Waals surface area (Å²) in [4.78, 5) is 8.80. The predicted octanol–water partition coefficient (Wildman–Crippen LogP) is 3.17. The summed E-state index contributed by atoms with van der Waals surface area (Å²) in [5.74, 6) is 2.90. The van der Waals surface area contributed by atoms with E-state index in [0.717, 1.165) is 41.8 Å². The minimum atomic E-state index is 0.321. The molecule has 0 aliphatic heterocycles. The van der Waals surface area contributed by atoms with Crippen LogP contribution in [0.15, 0.2) is 10.6 Å². The molecule has 0 saturated carbocycles. The smallest absolute Gasteiger partial charge is 0.137 e. The zero-order valence-electron chi connectivity index (χ0n) is 12.8. The van der Waals surface area contributed by atoms with Crippen LogP contribution in [0.1, 0.15) is 48.3 Å². The molecular weight excluding hydrogens is 252 g/mol. The highest BCUT2D eigenvalue weighted by molar-refractivity contribution is 5.37. The lowest BCUT2D eigenvalue weighted by atomic mass is 9.99. The number of nitrogens with zero attached hydrogens (tertiary/aromatic N) is 3. The molecule has 0 fully saturated rings. The van der Waals surface area contributed by atoms with Crippen LogP contribution in [0.4, 0.5) is 5.82 Å². The van der Waals surface area contributed by atoms with E-state index in [0.29, 0.717) is 5.92 Å². The number of nitrogens with one attached hydrogen (secondary N) is 1. The molecule has 0 aliphatic rings. The molecule has 0 spiro atoms. The Balaban J connectivity index is 2.07. The van der Waals surface area contributed by atoms with Crippen molar-refractivity contribution in [3.63, 3.8) is 0 Å². The SMILES string of the molecule is CCc1cc(NCC(C)c2c(C)noc2C)nc(C)n1. The van der Waals surface area contributed by atoms with Crippen LogP contribution < -0.4 is 5.32 Å². The van der Waals surface area contributed by atoms with Crippen molar-refractivity contribution >= 4 is 5.82 Å². The van der Waals surface area contributed by atoms with Crippen LogP contribution >= 0.6 is 0 Å². The summed E-state index contributed by atoms with van der Waals surface area (Å²) in [5, 5.41) is 7.39. The van der Waals surface area contributed by atoms with Gasteiger partial charge in [-0.05, 0) is 27.2 Å². The average molecular weight is 274 g/mol. The van der Waals surface area contributed by atoms with E-state index in [4.69, 9.17) is 4.52 Å². The van der Waals surface area contributed by atoms with Crippen LogP contribution in [0, 0.1) is 20.8 Å². The monoisotopic (exact) mass is 274 g/mol. The van der Waals surface area contributed by atoms with Crippen molar-refractivity contribution in [2.45, 2.75) is 47.0 Å². The first kappa shape index (κ1) is 14.5. The molecule has 0 bridgehead atoms. The fourth-order valence-corrected chi connectivity index (χ4v) is 2.45. The van der Waals surface area contributed by atoms with Crippen LogP contribution in [-0.4, -0.2) is 21.7 Å². The van der Waals surface area contributed by atoms with Gasteiger partial charge in [0.15, 0.2) is 0 Å². The lowest BCUT2D eigenvalue weighted by Gasteiger charge is -2.13. The van der Waals surface area contributed by atoms with E-state index in [1.54, 1.807) is 0 Å². The molecule has 2 aromatic heterocycles. The van der Waals surface area contributed by atoms with E-state index >= 15 is 0 Å². The van der Waals surface area contributed by atoms with E-state index in [-0.39, 0.29) is 0 Å².